The van der Waals surface area contributed by atoms with Crippen LogP contribution in [0.25, 0.3) is 0 Å². The Balaban J connectivity index is 2.28. The third kappa shape index (κ3) is 8.79. The lowest BCUT2D eigenvalue weighted by molar-refractivity contribution is -0.141. The number of sulfonamides is 1. The van der Waals surface area contributed by atoms with Gasteiger partial charge in [0, 0.05) is 47.2 Å². The Bertz CT molecular complexity index is 1170. The van der Waals surface area contributed by atoms with Gasteiger partial charge in [0.25, 0.3) is 0 Å². The van der Waals surface area contributed by atoms with Gasteiger partial charge >= 0.3 is 0 Å². The fourth-order valence-electron chi connectivity index (χ4n) is 3.92. The second-order valence-corrected chi connectivity index (χ2v) is 11.7. The van der Waals surface area contributed by atoms with Gasteiger partial charge in [0.1, 0.15) is 11.8 Å². The summed E-state index contributed by atoms with van der Waals surface area (Å²) < 4.78 is 31.5. The quantitative estimate of drug-likeness (QED) is 0.369. The van der Waals surface area contributed by atoms with E-state index >= 15 is 0 Å². The molecule has 2 aromatic carbocycles. The molecule has 0 aliphatic heterocycles. The summed E-state index contributed by atoms with van der Waals surface area (Å²) >= 11 is 12.7. The fraction of sp³-hybridized carbons (Fsp3) is 0.462. The van der Waals surface area contributed by atoms with E-state index in [0.717, 1.165) is 6.26 Å². The lowest BCUT2D eigenvalue weighted by Gasteiger charge is -2.32. The molecule has 0 aliphatic carbocycles. The molecule has 1 unspecified atom stereocenters. The molecular weight excluding hydrogens is 537 g/mol. The Kier molecular flexibility index (Phi) is 11.5. The van der Waals surface area contributed by atoms with Crippen LogP contribution in [-0.2, 0) is 26.2 Å². The summed E-state index contributed by atoms with van der Waals surface area (Å²) in [5.41, 5.74) is 0.987. The number of carbonyl (C=O) groups is 2. The van der Waals surface area contributed by atoms with E-state index in [1.165, 1.54) is 16.3 Å². The van der Waals surface area contributed by atoms with Gasteiger partial charge < -0.3 is 15.0 Å². The van der Waals surface area contributed by atoms with Crippen LogP contribution in [0.2, 0.25) is 10.0 Å². The predicted octanol–water partition coefficient (Wildman–Crippen LogP) is 4.88. The first-order valence-electron chi connectivity index (χ1n) is 12.0. The van der Waals surface area contributed by atoms with Crippen LogP contribution >= 0.6 is 23.2 Å². The summed E-state index contributed by atoms with van der Waals surface area (Å²) in [6.07, 6.45) is 1.75. The molecule has 0 heterocycles. The second kappa shape index (κ2) is 13.9. The number of methoxy groups -OCH3 is 1. The van der Waals surface area contributed by atoms with Crippen LogP contribution in [0, 0.1) is 0 Å². The van der Waals surface area contributed by atoms with Gasteiger partial charge in [0.2, 0.25) is 21.8 Å². The van der Waals surface area contributed by atoms with E-state index in [1.54, 1.807) is 42.5 Å². The standard InChI is InChI=1S/C26H35Cl2N3O5S/c1-6-24(26(33)29-18(2)3)30(17-21-22(27)12-8-13-23(21)28)25(32)14-9-15-31(37(5,34)35)19-10-7-11-20(16-19)36-4/h7-8,10-13,16,18,24H,6,9,14-15,17H2,1-5H3,(H,29,33). The molecule has 2 rings (SSSR count). The zero-order valence-corrected chi connectivity index (χ0v) is 24.2. The Labute approximate surface area is 229 Å². The number of hydrogen-bond acceptors (Lipinski definition) is 5. The van der Waals surface area contributed by atoms with E-state index < -0.39 is 16.1 Å². The van der Waals surface area contributed by atoms with Crippen molar-refractivity contribution in [3.8, 4) is 5.75 Å². The molecule has 0 aliphatic rings. The molecule has 11 heteroatoms. The first-order chi connectivity index (χ1) is 17.4. The van der Waals surface area contributed by atoms with Crippen molar-refractivity contribution in [2.45, 2.75) is 58.7 Å². The summed E-state index contributed by atoms with van der Waals surface area (Å²) in [6.45, 7) is 5.65. The van der Waals surface area contributed by atoms with E-state index in [0.29, 0.717) is 33.5 Å². The smallest absolute Gasteiger partial charge is 0.243 e. The average molecular weight is 573 g/mol. The molecule has 0 saturated heterocycles. The highest BCUT2D eigenvalue weighted by molar-refractivity contribution is 7.92. The molecule has 0 bridgehead atoms. The number of carbonyl (C=O) groups excluding carboxylic acids is 2. The molecule has 1 atom stereocenters. The van der Waals surface area contributed by atoms with E-state index in [9.17, 15) is 18.0 Å². The number of amides is 2. The SMILES string of the molecule is CCC(C(=O)NC(C)C)N(Cc1c(Cl)cccc1Cl)C(=O)CCCN(c1cccc(OC)c1)S(C)(=O)=O. The molecule has 8 nitrogen and oxygen atoms in total. The summed E-state index contributed by atoms with van der Waals surface area (Å²) in [7, 11) is -2.11. The summed E-state index contributed by atoms with van der Waals surface area (Å²) in [6, 6.07) is 10.9. The van der Waals surface area contributed by atoms with E-state index in [1.807, 2.05) is 20.8 Å². The maximum Gasteiger partial charge on any atom is 0.243 e. The van der Waals surface area contributed by atoms with Crippen LogP contribution in [0.5, 0.6) is 5.75 Å². The molecular formula is C26H35Cl2N3O5S. The van der Waals surface area contributed by atoms with Crippen LogP contribution in [0.4, 0.5) is 5.69 Å². The number of halogens is 2. The number of hydrogen-bond donors (Lipinski definition) is 1. The fourth-order valence-corrected chi connectivity index (χ4v) is 5.40. The van der Waals surface area contributed by atoms with Crippen molar-refractivity contribution in [1.82, 2.24) is 10.2 Å². The van der Waals surface area contributed by atoms with Crippen molar-refractivity contribution in [1.29, 1.82) is 0 Å². The first-order valence-corrected chi connectivity index (χ1v) is 14.6. The van der Waals surface area contributed by atoms with Crippen molar-refractivity contribution in [2.24, 2.45) is 0 Å². The van der Waals surface area contributed by atoms with Gasteiger partial charge in [-0.2, -0.15) is 0 Å². The Morgan fingerprint density at radius 2 is 1.70 bits per heavy atom. The molecule has 2 aromatic rings. The molecule has 0 saturated carbocycles. The van der Waals surface area contributed by atoms with Crippen molar-refractivity contribution >= 4 is 50.7 Å². The molecule has 2 amide bonds. The minimum atomic E-state index is -3.61. The largest absolute Gasteiger partial charge is 0.497 e. The lowest BCUT2D eigenvalue weighted by Crippen LogP contribution is -2.50. The maximum absolute atomic E-state index is 13.5. The molecule has 37 heavy (non-hydrogen) atoms. The van der Waals surface area contributed by atoms with E-state index in [2.05, 4.69) is 5.32 Å². The minimum Gasteiger partial charge on any atom is -0.497 e. The predicted molar refractivity (Wildman–Crippen MR) is 149 cm³/mol. The molecule has 1 N–H and O–H groups in total. The Morgan fingerprint density at radius 3 is 2.24 bits per heavy atom. The summed E-state index contributed by atoms with van der Waals surface area (Å²) in [5.74, 6) is -0.0593. The highest BCUT2D eigenvalue weighted by atomic mass is 35.5. The molecule has 0 radical (unpaired) electrons. The third-order valence-electron chi connectivity index (χ3n) is 5.70. The highest BCUT2D eigenvalue weighted by Crippen LogP contribution is 2.28. The highest BCUT2D eigenvalue weighted by Gasteiger charge is 2.30. The zero-order chi connectivity index (χ0) is 27.8. The Morgan fingerprint density at radius 1 is 1.08 bits per heavy atom. The number of rotatable bonds is 13. The third-order valence-corrected chi connectivity index (χ3v) is 7.60. The van der Waals surface area contributed by atoms with Gasteiger partial charge in [0.05, 0.1) is 19.1 Å². The van der Waals surface area contributed by atoms with Crippen LogP contribution < -0.4 is 14.4 Å². The van der Waals surface area contributed by atoms with E-state index in [4.69, 9.17) is 27.9 Å². The van der Waals surface area contributed by atoms with Crippen LogP contribution in [0.1, 0.15) is 45.6 Å². The van der Waals surface area contributed by atoms with Gasteiger partial charge in [-0.05, 0) is 51.0 Å². The zero-order valence-electron chi connectivity index (χ0n) is 21.8. The number of anilines is 1. The number of ether oxygens (including phenoxy) is 1. The summed E-state index contributed by atoms with van der Waals surface area (Å²) in [5, 5.41) is 3.66. The molecule has 204 valence electrons. The first kappa shape index (κ1) is 30.7. The average Bonchev–Trinajstić information content (AvgIpc) is 2.82. The van der Waals surface area contributed by atoms with Gasteiger partial charge in [-0.25, -0.2) is 8.42 Å². The molecule has 0 aromatic heterocycles. The van der Waals surface area contributed by atoms with Gasteiger partial charge in [-0.3, -0.25) is 13.9 Å². The molecule has 0 spiro atoms. The second-order valence-electron chi connectivity index (χ2n) is 8.95. The van der Waals surface area contributed by atoms with Crippen molar-refractivity contribution in [3.63, 3.8) is 0 Å². The van der Waals surface area contributed by atoms with Crippen molar-refractivity contribution < 1.29 is 22.7 Å². The maximum atomic E-state index is 13.5. The number of nitrogens with one attached hydrogen (secondary N) is 1. The van der Waals surface area contributed by atoms with Crippen molar-refractivity contribution in [3.05, 3.63) is 58.1 Å². The topological polar surface area (TPSA) is 96.0 Å². The van der Waals surface area contributed by atoms with Gasteiger partial charge in [-0.15, -0.1) is 0 Å². The lowest BCUT2D eigenvalue weighted by atomic mass is 10.1. The normalized spacial score (nSPS) is 12.2. The van der Waals surface area contributed by atoms with E-state index in [-0.39, 0.29) is 43.8 Å². The van der Waals surface area contributed by atoms with Crippen LogP contribution in [-0.4, -0.2) is 57.1 Å². The van der Waals surface area contributed by atoms with Crippen molar-refractivity contribution in [2.75, 3.05) is 24.2 Å². The summed E-state index contributed by atoms with van der Waals surface area (Å²) in [4.78, 5) is 28.0. The van der Waals surface area contributed by atoms with Crippen LogP contribution in [0.15, 0.2) is 42.5 Å². The van der Waals surface area contributed by atoms with Crippen LogP contribution in [0.3, 0.4) is 0 Å². The van der Waals surface area contributed by atoms with Gasteiger partial charge in [-0.1, -0.05) is 42.3 Å². The Hall–Kier alpha value is -2.49. The monoisotopic (exact) mass is 571 g/mol. The number of nitrogens with zero attached hydrogens (tertiary/aromatic N) is 2. The molecule has 0 fully saturated rings. The minimum absolute atomic E-state index is 0.0174. The number of benzene rings is 2. The van der Waals surface area contributed by atoms with Gasteiger partial charge in [0.15, 0.2) is 0 Å².